The summed E-state index contributed by atoms with van der Waals surface area (Å²) in [6.45, 7) is 0. The molecule has 0 aliphatic heterocycles. The van der Waals surface area contributed by atoms with Crippen molar-refractivity contribution in [1.29, 1.82) is 0 Å². The van der Waals surface area contributed by atoms with Crippen LogP contribution in [-0.2, 0) is 24.9 Å². The quantitative estimate of drug-likeness (QED) is 0.436. The first-order chi connectivity index (χ1) is 9.11. The van der Waals surface area contributed by atoms with Crippen LogP contribution < -0.4 is 5.90 Å². The average Bonchev–Trinajstić information content (AvgIpc) is 2.81. The highest BCUT2D eigenvalue weighted by Gasteiger charge is 2.23. The number of oxime groups is 1. The number of oxazole rings is 1. The molecule has 0 spiro atoms. The number of rotatable bonds is 4. The summed E-state index contributed by atoms with van der Waals surface area (Å²) in [5.41, 5.74) is 0.223. The molecule has 0 saturated carbocycles. The first-order valence-electron chi connectivity index (χ1n) is 4.78. The van der Waals surface area contributed by atoms with Gasteiger partial charge in [-0.15, -0.1) is 0 Å². The van der Waals surface area contributed by atoms with E-state index in [9.17, 15) is 13.2 Å². The number of hydrogen-bond donors (Lipinski definition) is 2. The van der Waals surface area contributed by atoms with Crippen molar-refractivity contribution in [2.24, 2.45) is 11.1 Å². The van der Waals surface area contributed by atoms with Gasteiger partial charge in [-0.1, -0.05) is 17.3 Å². The number of para-hydroxylation sites is 2. The Morgan fingerprint density at radius 2 is 2.11 bits per heavy atom. The van der Waals surface area contributed by atoms with Crippen molar-refractivity contribution < 1.29 is 26.8 Å². The fourth-order valence-electron chi connectivity index (χ4n) is 1.27. The van der Waals surface area contributed by atoms with Crippen molar-refractivity contribution in [2.75, 3.05) is 0 Å². The molecule has 100 valence electrons. The lowest BCUT2D eigenvalue weighted by molar-refractivity contribution is -0.136. The van der Waals surface area contributed by atoms with Gasteiger partial charge in [0.2, 0.25) is 0 Å². The molecule has 2 N–H and O–H groups in total. The number of fused-ring (bicyclic) bond motifs is 1. The number of aromatic nitrogens is 1. The Balaban J connectivity index is 2.47. The fraction of sp³-hybridized carbons (Fsp3) is 0. The molecular formula is C9H7N3O6S. The van der Waals surface area contributed by atoms with E-state index in [4.69, 9.17) is 10.3 Å². The van der Waals surface area contributed by atoms with Crippen molar-refractivity contribution >= 4 is 33.8 Å². The Hall–Kier alpha value is -2.46. The molecule has 2 aromatic rings. The molecule has 2 rings (SSSR count). The summed E-state index contributed by atoms with van der Waals surface area (Å²) in [5.74, 6) is 3.29. The summed E-state index contributed by atoms with van der Waals surface area (Å²) in [5, 5.41) is 3.07. The molecule has 0 fully saturated rings. The van der Waals surface area contributed by atoms with Crippen LogP contribution in [0.2, 0.25) is 0 Å². The van der Waals surface area contributed by atoms with Crippen molar-refractivity contribution in [3.8, 4) is 0 Å². The zero-order valence-electron chi connectivity index (χ0n) is 9.18. The Morgan fingerprint density at radius 1 is 1.37 bits per heavy atom. The maximum atomic E-state index is 11.3. The van der Waals surface area contributed by atoms with Crippen LogP contribution in [0, 0.1) is 0 Å². The fourth-order valence-corrected chi connectivity index (χ4v) is 1.42. The number of thiol groups is 1. The van der Waals surface area contributed by atoms with E-state index in [-0.39, 0.29) is 5.89 Å². The van der Waals surface area contributed by atoms with Gasteiger partial charge in [0.05, 0.1) is 0 Å². The summed E-state index contributed by atoms with van der Waals surface area (Å²) in [7, 11) is -3.28. The average molecular weight is 285 g/mol. The number of carbonyl (C=O) groups excluding carboxylic acids is 1. The van der Waals surface area contributed by atoms with E-state index in [1.807, 2.05) is 0 Å². The standard InChI is InChI=1S/C9H7N3O6S/c10-17-9(13)7(12-18-19(14)15)8-11-5-3-1-2-4-6(5)16-8/h1-4,19H,10H2/b12-7-. The van der Waals surface area contributed by atoms with Crippen molar-refractivity contribution in [3.05, 3.63) is 30.2 Å². The van der Waals surface area contributed by atoms with Crippen LogP contribution in [0.15, 0.2) is 33.8 Å². The Morgan fingerprint density at radius 3 is 2.74 bits per heavy atom. The van der Waals surface area contributed by atoms with Gasteiger partial charge < -0.3 is 9.25 Å². The summed E-state index contributed by atoms with van der Waals surface area (Å²) in [6.07, 6.45) is 0. The Kier molecular flexibility index (Phi) is 3.73. The number of nitrogens with two attached hydrogens (primary N) is 1. The molecule has 0 saturated heterocycles. The van der Waals surface area contributed by atoms with Gasteiger partial charge in [-0.3, -0.25) is 4.28 Å². The van der Waals surface area contributed by atoms with Gasteiger partial charge in [0.15, 0.2) is 5.58 Å². The minimum Gasteiger partial charge on any atom is -0.434 e. The van der Waals surface area contributed by atoms with Gasteiger partial charge in [-0.05, 0) is 12.1 Å². The van der Waals surface area contributed by atoms with Crippen LogP contribution in [0.3, 0.4) is 0 Å². The van der Waals surface area contributed by atoms with E-state index < -0.39 is 22.7 Å². The third kappa shape index (κ3) is 2.86. The van der Waals surface area contributed by atoms with E-state index in [2.05, 4.69) is 19.3 Å². The number of nitrogens with zero attached hydrogens (tertiary/aromatic N) is 2. The zero-order chi connectivity index (χ0) is 13.8. The van der Waals surface area contributed by atoms with E-state index in [0.717, 1.165) is 0 Å². The predicted octanol–water partition coefficient (Wildman–Crippen LogP) is -0.508. The molecule has 10 heteroatoms. The second kappa shape index (κ2) is 5.46. The molecule has 9 nitrogen and oxygen atoms in total. The third-order valence-corrected chi connectivity index (χ3v) is 2.21. The van der Waals surface area contributed by atoms with E-state index >= 15 is 0 Å². The summed E-state index contributed by atoms with van der Waals surface area (Å²) in [4.78, 5) is 19.2. The summed E-state index contributed by atoms with van der Waals surface area (Å²) in [6, 6.07) is 6.63. The van der Waals surface area contributed by atoms with Crippen molar-refractivity contribution in [2.45, 2.75) is 0 Å². The normalized spacial score (nSPS) is 11.8. The lowest BCUT2D eigenvalue weighted by atomic mass is 10.3. The SMILES string of the molecule is NOC(=O)/C(=N\O[SH](=O)=O)c1nc2ccccc2o1. The minimum atomic E-state index is -3.28. The van der Waals surface area contributed by atoms with Crippen LogP contribution in [0.1, 0.15) is 5.89 Å². The van der Waals surface area contributed by atoms with Gasteiger partial charge >= 0.3 is 17.0 Å². The maximum Gasteiger partial charge on any atom is 0.384 e. The monoisotopic (exact) mass is 285 g/mol. The van der Waals surface area contributed by atoms with Gasteiger partial charge in [-0.2, -0.15) is 14.3 Å². The zero-order valence-corrected chi connectivity index (χ0v) is 10.1. The van der Waals surface area contributed by atoms with E-state index in [1.54, 1.807) is 24.3 Å². The second-order valence-corrected chi connectivity index (χ2v) is 3.75. The highest BCUT2D eigenvalue weighted by Crippen LogP contribution is 2.15. The second-order valence-electron chi connectivity index (χ2n) is 3.14. The Labute approximate surface area is 107 Å². The molecule has 0 aliphatic rings. The third-order valence-electron chi connectivity index (χ3n) is 2.00. The van der Waals surface area contributed by atoms with Gasteiger partial charge in [0, 0.05) is 0 Å². The molecule has 19 heavy (non-hydrogen) atoms. The molecule has 0 unspecified atom stereocenters. The topological polar surface area (TPSA) is 134 Å². The molecule has 0 aliphatic carbocycles. The summed E-state index contributed by atoms with van der Waals surface area (Å²) < 4.78 is 29.8. The first kappa shape index (κ1) is 13.0. The molecule has 0 radical (unpaired) electrons. The lowest BCUT2D eigenvalue weighted by Crippen LogP contribution is -2.22. The molecule has 0 amide bonds. The van der Waals surface area contributed by atoms with Crippen molar-refractivity contribution in [1.82, 2.24) is 4.98 Å². The van der Waals surface area contributed by atoms with E-state index in [0.29, 0.717) is 11.1 Å². The van der Waals surface area contributed by atoms with Crippen molar-refractivity contribution in [3.63, 3.8) is 0 Å². The smallest absolute Gasteiger partial charge is 0.384 e. The summed E-state index contributed by atoms with van der Waals surface area (Å²) >= 11 is 0. The van der Waals surface area contributed by atoms with Crippen LogP contribution in [0.25, 0.3) is 11.1 Å². The largest absolute Gasteiger partial charge is 0.434 e. The maximum absolute atomic E-state index is 11.3. The van der Waals surface area contributed by atoms with Crippen LogP contribution in [0.5, 0.6) is 0 Å². The molecule has 1 aromatic carbocycles. The van der Waals surface area contributed by atoms with E-state index in [1.165, 1.54) is 0 Å². The molecule has 1 heterocycles. The van der Waals surface area contributed by atoms with Gasteiger partial charge in [0.1, 0.15) is 5.52 Å². The number of hydrogen-bond acceptors (Lipinski definition) is 9. The molecule has 1 aromatic heterocycles. The van der Waals surface area contributed by atoms with Crippen LogP contribution in [0.4, 0.5) is 0 Å². The minimum absolute atomic E-state index is 0.270. The number of benzene rings is 1. The predicted molar refractivity (Wildman–Crippen MR) is 62.2 cm³/mol. The van der Waals surface area contributed by atoms with Gasteiger partial charge in [-0.25, -0.2) is 9.78 Å². The molecular weight excluding hydrogens is 278 g/mol. The lowest BCUT2D eigenvalue weighted by Gasteiger charge is -1.96. The Bertz CT molecular complexity index is 679. The highest BCUT2D eigenvalue weighted by molar-refractivity contribution is 7.67. The van der Waals surface area contributed by atoms with Gasteiger partial charge in [0.25, 0.3) is 11.6 Å². The first-order valence-corrected chi connectivity index (χ1v) is 5.88. The van der Waals surface area contributed by atoms with Crippen LogP contribution in [-0.4, -0.2) is 25.1 Å². The molecule has 0 bridgehead atoms. The molecule has 0 atom stereocenters. The van der Waals surface area contributed by atoms with Crippen LogP contribution >= 0.6 is 0 Å². The number of carbonyl (C=O) groups is 1. The highest BCUT2D eigenvalue weighted by atomic mass is 32.2.